The zero-order valence-corrected chi connectivity index (χ0v) is 12.4. The van der Waals surface area contributed by atoms with Crippen molar-refractivity contribution < 1.29 is 13.2 Å². The lowest BCUT2D eigenvalue weighted by atomic mass is 9.97. The summed E-state index contributed by atoms with van der Waals surface area (Å²) in [5, 5.41) is 0. The van der Waals surface area contributed by atoms with Crippen molar-refractivity contribution in [2.75, 3.05) is 13.2 Å². The number of rotatable bonds is 5. The summed E-state index contributed by atoms with van der Waals surface area (Å²) < 4.78 is 32.5. The van der Waals surface area contributed by atoms with Gasteiger partial charge in [-0.1, -0.05) is 13.0 Å². The van der Waals surface area contributed by atoms with Crippen LogP contribution in [0.3, 0.4) is 0 Å². The first-order valence-corrected chi connectivity index (χ1v) is 8.13. The quantitative estimate of drug-likeness (QED) is 0.807. The van der Waals surface area contributed by atoms with Crippen LogP contribution in [0.25, 0.3) is 0 Å². The molecule has 0 saturated heterocycles. The molecule has 20 heavy (non-hydrogen) atoms. The predicted molar refractivity (Wildman–Crippen MR) is 78.2 cm³/mol. The number of hydrogen-bond donors (Lipinski definition) is 2. The van der Waals surface area contributed by atoms with Crippen LogP contribution in [-0.4, -0.2) is 21.6 Å². The van der Waals surface area contributed by atoms with E-state index in [1.54, 1.807) is 12.1 Å². The van der Waals surface area contributed by atoms with E-state index in [4.69, 9.17) is 10.5 Å². The largest absolute Gasteiger partial charge is 0.493 e. The fourth-order valence-corrected chi connectivity index (χ4v) is 3.33. The van der Waals surface area contributed by atoms with Gasteiger partial charge in [-0.3, -0.25) is 0 Å². The Hall–Kier alpha value is -1.37. The van der Waals surface area contributed by atoms with Gasteiger partial charge in [0.05, 0.1) is 11.5 Å². The standard InChI is InChI=1S/C14H20N2O3S/c1-3-6-16-20(17,18)11-8-10(4-2)14-12(9-11)13(15)5-7-19-14/h3,8-9,13,16H,1,4-7,15H2,2H3. The van der Waals surface area contributed by atoms with Gasteiger partial charge in [-0.05, 0) is 24.1 Å². The van der Waals surface area contributed by atoms with Crippen molar-refractivity contribution >= 4 is 10.0 Å². The zero-order chi connectivity index (χ0) is 14.8. The van der Waals surface area contributed by atoms with Crippen molar-refractivity contribution in [1.82, 2.24) is 4.72 Å². The second-order valence-electron chi connectivity index (χ2n) is 4.74. The van der Waals surface area contributed by atoms with Crippen molar-refractivity contribution in [3.8, 4) is 5.75 Å². The minimum atomic E-state index is -3.54. The molecule has 1 unspecified atom stereocenters. The van der Waals surface area contributed by atoms with Gasteiger partial charge in [-0.15, -0.1) is 6.58 Å². The molecule has 1 aliphatic heterocycles. The van der Waals surface area contributed by atoms with Gasteiger partial charge >= 0.3 is 0 Å². The molecule has 0 spiro atoms. The van der Waals surface area contributed by atoms with Crippen LogP contribution in [0.1, 0.15) is 30.5 Å². The van der Waals surface area contributed by atoms with Gasteiger partial charge in [-0.25, -0.2) is 13.1 Å². The van der Waals surface area contributed by atoms with Gasteiger partial charge in [0.2, 0.25) is 10.0 Å². The van der Waals surface area contributed by atoms with E-state index in [0.29, 0.717) is 19.4 Å². The summed E-state index contributed by atoms with van der Waals surface area (Å²) in [6.07, 6.45) is 2.89. The number of nitrogens with two attached hydrogens (primary N) is 1. The third kappa shape index (κ3) is 2.87. The Morgan fingerprint density at radius 2 is 2.30 bits per heavy atom. The minimum Gasteiger partial charge on any atom is -0.493 e. The van der Waals surface area contributed by atoms with E-state index in [2.05, 4.69) is 11.3 Å². The summed E-state index contributed by atoms with van der Waals surface area (Å²) in [6.45, 7) is 6.24. The van der Waals surface area contributed by atoms with E-state index in [9.17, 15) is 8.42 Å². The van der Waals surface area contributed by atoms with Crippen LogP contribution in [0.2, 0.25) is 0 Å². The van der Waals surface area contributed by atoms with E-state index in [0.717, 1.165) is 16.9 Å². The lowest BCUT2D eigenvalue weighted by Crippen LogP contribution is -2.26. The van der Waals surface area contributed by atoms with Gasteiger partial charge in [0.15, 0.2) is 0 Å². The van der Waals surface area contributed by atoms with Gasteiger partial charge < -0.3 is 10.5 Å². The highest BCUT2D eigenvalue weighted by Gasteiger charge is 2.24. The first-order chi connectivity index (χ1) is 9.49. The van der Waals surface area contributed by atoms with Crippen LogP contribution >= 0.6 is 0 Å². The molecule has 0 radical (unpaired) electrons. The van der Waals surface area contributed by atoms with E-state index < -0.39 is 10.0 Å². The van der Waals surface area contributed by atoms with Crippen molar-refractivity contribution in [2.45, 2.75) is 30.7 Å². The fraction of sp³-hybridized carbons (Fsp3) is 0.429. The summed E-state index contributed by atoms with van der Waals surface area (Å²) in [4.78, 5) is 0.232. The molecule has 2 rings (SSSR count). The maximum absolute atomic E-state index is 12.2. The molecule has 110 valence electrons. The van der Waals surface area contributed by atoms with Crippen LogP contribution in [0, 0.1) is 0 Å². The second-order valence-corrected chi connectivity index (χ2v) is 6.51. The van der Waals surface area contributed by atoms with Gasteiger partial charge in [0.25, 0.3) is 0 Å². The predicted octanol–water partition coefficient (Wildman–Crippen LogP) is 1.50. The molecule has 1 atom stereocenters. The molecule has 0 aromatic heterocycles. The number of hydrogen-bond acceptors (Lipinski definition) is 4. The van der Waals surface area contributed by atoms with E-state index in [1.165, 1.54) is 6.08 Å². The van der Waals surface area contributed by atoms with Gasteiger partial charge in [0, 0.05) is 24.6 Å². The molecule has 1 aromatic carbocycles. The molecule has 0 fully saturated rings. The van der Waals surface area contributed by atoms with Crippen LogP contribution in [0.15, 0.2) is 29.7 Å². The number of benzene rings is 1. The van der Waals surface area contributed by atoms with E-state index in [-0.39, 0.29) is 17.5 Å². The Bertz CT molecular complexity index is 611. The van der Waals surface area contributed by atoms with Gasteiger partial charge in [0.1, 0.15) is 5.75 Å². The Balaban J connectivity index is 2.51. The summed E-state index contributed by atoms with van der Waals surface area (Å²) in [5.41, 5.74) is 7.72. The van der Waals surface area contributed by atoms with E-state index in [1.807, 2.05) is 6.92 Å². The molecule has 6 heteroatoms. The summed E-state index contributed by atoms with van der Waals surface area (Å²) in [5.74, 6) is 0.744. The average Bonchev–Trinajstić information content (AvgIpc) is 2.44. The Kier molecular flexibility index (Phi) is 4.47. The summed E-state index contributed by atoms with van der Waals surface area (Å²) in [7, 11) is -3.54. The van der Waals surface area contributed by atoms with Crippen LogP contribution in [-0.2, 0) is 16.4 Å². The highest BCUT2D eigenvalue weighted by atomic mass is 32.2. The molecule has 0 amide bonds. The third-order valence-corrected chi connectivity index (χ3v) is 4.75. The molecular formula is C14H20N2O3S. The van der Waals surface area contributed by atoms with Crippen molar-refractivity contribution in [1.29, 1.82) is 0 Å². The van der Waals surface area contributed by atoms with Gasteiger partial charge in [-0.2, -0.15) is 0 Å². The molecule has 3 N–H and O–H groups in total. The first-order valence-electron chi connectivity index (χ1n) is 6.65. The number of fused-ring (bicyclic) bond motifs is 1. The second kappa shape index (κ2) is 5.95. The molecule has 1 aliphatic rings. The van der Waals surface area contributed by atoms with Crippen molar-refractivity contribution in [2.24, 2.45) is 5.73 Å². The maximum Gasteiger partial charge on any atom is 0.240 e. The normalized spacial score (nSPS) is 18.2. The van der Waals surface area contributed by atoms with Crippen molar-refractivity contribution in [3.05, 3.63) is 35.9 Å². The summed E-state index contributed by atoms with van der Waals surface area (Å²) >= 11 is 0. The van der Waals surface area contributed by atoms with Crippen LogP contribution in [0.5, 0.6) is 5.75 Å². The molecular weight excluding hydrogens is 276 g/mol. The molecule has 0 bridgehead atoms. The Morgan fingerprint density at radius 1 is 1.55 bits per heavy atom. The summed E-state index contributed by atoms with van der Waals surface area (Å²) in [6, 6.07) is 3.09. The van der Waals surface area contributed by atoms with Crippen LogP contribution < -0.4 is 15.2 Å². The molecule has 0 aliphatic carbocycles. The molecule has 0 saturated carbocycles. The lowest BCUT2D eigenvalue weighted by Gasteiger charge is -2.26. The topological polar surface area (TPSA) is 81.4 Å². The first kappa shape index (κ1) is 15.0. The Morgan fingerprint density at radius 3 is 2.95 bits per heavy atom. The zero-order valence-electron chi connectivity index (χ0n) is 11.6. The highest BCUT2D eigenvalue weighted by Crippen LogP contribution is 2.36. The van der Waals surface area contributed by atoms with Crippen LogP contribution in [0.4, 0.5) is 0 Å². The number of ether oxygens (including phenoxy) is 1. The smallest absolute Gasteiger partial charge is 0.240 e. The number of aryl methyl sites for hydroxylation is 1. The highest BCUT2D eigenvalue weighted by molar-refractivity contribution is 7.89. The molecule has 1 heterocycles. The Labute approximate surface area is 119 Å². The number of sulfonamides is 1. The fourth-order valence-electron chi connectivity index (χ4n) is 2.25. The molecule has 1 aromatic rings. The number of nitrogens with one attached hydrogen (secondary N) is 1. The maximum atomic E-state index is 12.2. The SMILES string of the molecule is C=CCNS(=O)(=O)c1cc(CC)c2c(c1)C(N)CCO2. The monoisotopic (exact) mass is 296 g/mol. The van der Waals surface area contributed by atoms with E-state index >= 15 is 0 Å². The molecule has 5 nitrogen and oxygen atoms in total. The third-order valence-electron chi connectivity index (χ3n) is 3.35. The average molecular weight is 296 g/mol. The van der Waals surface area contributed by atoms with Crippen molar-refractivity contribution in [3.63, 3.8) is 0 Å². The minimum absolute atomic E-state index is 0.182. The lowest BCUT2D eigenvalue weighted by molar-refractivity contribution is 0.266.